The number of hydroxylamine groups is 1. The average molecular weight is 451 g/mol. The molecule has 0 aliphatic carbocycles. The van der Waals surface area contributed by atoms with Crippen LogP contribution in [0.2, 0.25) is 0 Å². The van der Waals surface area contributed by atoms with Crippen molar-refractivity contribution in [1.82, 2.24) is 5.48 Å². The molecule has 3 atom stereocenters. The lowest BCUT2D eigenvalue weighted by atomic mass is 9.96. The summed E-state index contributed by atoms with van der Waals surface area (Å²) >= 11 is 0. The average Bonchev–Trinajstić information content (AvgIpc) is 3.22. The molecule has 1 aliphatic heterocycles. The Bertz CT molecular complexity index is 967. The summed E-state index contributed by atoms with van der Waals surface area (Å²) in [6, 6.07) is 10.7. The van der Waals surface area contributed by atoms with Crippen LogP contribution in [-0.4, -0.2) is 46.3 Å². The lowest BCUT2D eigenvalue weighted by Crippen LogP contribution is -2.19. The van der Waals surface area contributed by atoms with E-state index in [-0.39, 0.29) is 23.6 Å². The quantitative estimate of drug-likeness (QED) is 0.382. The molecule has 0 bridgehead atoms. The summed E-state index contributed by atoms with van der Waals surface area (Å²) in [6.07, 6.45) is 3.03. The van der Waals surface area contributed by atoms with Gasteiger partial charge in [0.1, 0.15) is 17.7 Å². The maximum atomic E-state index is 14.8. The van der Waals surface area contributed by atoms with Gasteiger partial charge in [-0.2, -0.15) is 0 Å². The molecule has 0 radical (unpaired) electrons. The number of benzene rings is 2. The van der Waals surface area contributed by atoms with Crippen molar-refractivity contribution in [2.75, 3.05) is 13.4 Å². The molecule has 0 fully saturated rings. The zero-order valence-electron chi connectivity index (χ0n) is 17.9. The molecule has 3 rings (SSSR count). The van der Waals surface area contributed by atoms with Gasteiger partial charge in [0.25, 0.3) is 0 Å². The van der Waals surface area contributed by atoms with Crippen LogP contribution in [0.5, 0.6) is 5.75 Å². The van der Waals surface area contributed by atoms with E-state index >= 15 is 0 Å². The molecule has 7 nitrogen and oxygen atoms in total. The number of hydrogen-bond acceptors (Lipinski definition) is 6. The zero-order chi connectivity index (χ0) is 23.0. The molecule has 1 aliphatic rings. The number of hydrogen-bond donors (Lipinski definition) is 2. The van der Waals surface area contributed by atoms with Crippen LogP contribution >= 0.6 is 0 Å². The van der Waals surface area contributed by atoms with E-state index in [4.69, 9.17) is 19.6 Å². The SMILES string of the molecule is COc1ccc(-c2ccc(C3=NOC(CC(C)S(C)=O)C3)cc2F)c(C)c1.O=CNO. The number of halogens is 1. The van der Waals surface area contributed by atoms with E-state index in [1.165, 1.54) is 11.5 Å². The Hall–Kier alpha value is -2.78. The second kappa shape index (κ2) is 11.6. The van der Waals surface area contributed by atoms with E-state index in [9.17, 15) is 8.60 Å². The van der Waals surface area contributed by atoms with E-state index in [2.05, 4.69) is 5.16 Å². The van der Waals surface area contributed by atoms with Crippen molar-refractivity contribution >= 4 is 22.9 Å². The van der Waals surface area contributed by atoms with Gasteiger partial charge in [0.15, 0.2) is 0 Å². The monoisotopic (exact) mass is 450 g/mol. The normalized spacial score (nSPS) is 16.8. The highest BCUT2D eigenvalue weighted by Gasteiger charge is 2.25. The fourth-order valence-corrected chi connectivity index (χ4v) is 3.70. The van der Waals surface area contributed by atoms with Gasteiger partial charge in [-0.3, -0.25) is 14.2 Å². The largest absolute Gasteiger partial charge is 0.497 e. The zero-order valence-corrected chi connectivity index (χ0v) is 18.7. The van der Waals surface area contributed by atoms with Gasteiger partial charge >= 0.3 is 0 Å². The highest BCUT2D eigenvalue weighted by atomic mass is 32.2. The minimum atomic E-state index is -0.895. The molecule has 31 heavy (non-hydrogen) atoms. The topological polar surface area (TPSA) is 97.2 Å². The number of amides is 1. The minimum absolute atomic E-state index is 0.0432. The number of rotatable bonds is 7. The summed E-state index contributed by atoms with van der Waals surface area (Å²) in [4.78, 5) is 14.3. The Morgan fingerprint density at radius 3 is 2.58 bits per heavy atom. The molecular weight excluding hydrogens is 423 g/mol. The Morgan fingerprint density at radius 2 is 2.03 bits per heavy atom. The summed E-state index contributed by atoms with van der Waals surface area (Å²) in [5.74, 6) is 0.453. The van der Waals surface area contributed by atoms with E-state index in [0.29, 0.717) is 18.4 Å². The van der Waals surface area contributed by atoms with E-state index in [0.717, 1.165) is 28.2 Å². The standard InChI is InChI=1S/C21H24FNO3S.CH3NO2/c1-13-9-16(25-3)6-8-18(13)19-7-5-15(11-20(19)22)21-12-17(26-23-21)10-14(2)27(4)24;3-1-2-4/h5-9,11,14,17H,10,12H2,1-4H3;1,4H,(H,2,3). The van der Waals surface area contributed by atoms with Crippen molar-refractivity contribution in [1.29, 1.82) is 0 Å². The number of carbonyl (C=O) groups is 1. The Kier molecular flexibility index (Phi) is 9.14. The minimum Gasteiger partial charge on any atom is -0.497 e. The van der Waals surface area contributed by atoms with E-state index in [1.807, 2.05) is 38.1 Å². The van der Waals surface area contributed by atoms with Crippen LogP contribution < -0.4 is 10.2 Å². The molecule has 0 spiro atoms. The second-order valence-electron chi connectivity index (χ2n) is 7.14. The van der Waals surface area contributed by atoms with Crippen LogP contribution in [0, 0.1) is 12.7 Å². The summed E-state index contributed by atoms with van der Waals surface area (Å²) in [6.45, 7) is 3.87. The van der Waals surface area contributed by atoms with Gasteiger partial charge in [-0.25, -0.2) is 9.87 Å². The summed E-state index contributed by atoms with van der Waals surface area (Å²) in [7, 11) is 0.717. The predicted molar refractivity (Wildman–Crippen MR) is 118 cm³/mol. The van der Waals surface area contributed by atoms with Gasteiger partial charge in [-0.05, 0) is 36.2 Å². The lowest BCUT2D eigenvalue weighted by molar-refractivity contribution is -0.116. The van der Waals surface area contributed by atoms with Gasteiger partial charge < -0.3 is 9.57 Å². The van der Waals surface area contributed by atoms with Gasteiger partial charge in [0.05, 0.1) is 12.8 Å². The van der Waals surface area contributed by atoms with E-state index < -0.39 is 10.8 Å². The second-order valence-corrected chi connectivity index (χ2v) is 8.94. The number of methoxy groups -OCH3 is 1. The maximum Gasteiger partial charge on any atom is 0.230 e. The summed E-state index contributed by atoms with van der Waals surface area (Å²) in [5, 5.41) is 11.4. The molecule has 2 aromatic carbocycles. The van der Waals surface area contributed by atoms with Gasteiger partial charge in [-0.1, -0.05) is 30.3 Å². The predicted octanol–water partition coefficient (Wildman–Crippen LogP) is 3.58. The molecule has 0 aromatic heterocycles. The number of aryl methyl sites for hydroxylation is 1. The molecule has 1 amide bonds. The van der Waals surface area contributed by atoms with Crippen molar-refractivity contribution < 1.29 is 28.2 Å². The molecule has 168 valence electrons. The first-order valence-corrected chi connectivity index (χ1v) is 11.3. The third-order valence-corrected chi connectivity index (χ3v) is 6.30. The smallest absolute Gasteiger partial charge is 0.230 e. The van der Waals surface area contributed by atoms with Gasteiger partial charge in [0, 0.05) is 46.3 Å². The third-order valence-electron chi connectivity index (χ3n) is 4.97. The van der Waals surface area contributed by atoms with Crippen molar-refractivity contribution in [3.63, 3.8) is 0 Å². The lowest BCUT2D eigenvalue weighted by Gasteiger charge is -2.12. The van der Waals surface area contributed by atoms with Crippen LogP contribution in [0.25, 0.3) is 11.1 Å². The molecule has 0 saturated heterocycles. The Labute approximate surface area is 183 Å². The Morgan fingerprint density at radius 1 is 1.35 bits per heavy atom. The van der Waals surface area contributed by atoms with Crippen LogP contribution in [0.15, 0.2) is 41.6 Å². The molecule has 1 heterocycles. The highest BCUT2D eigenvalue weighted by Crippen LogP contribution is 2.30. The van der Waals surface area contributed by atoms with Crippen LogP contribution in [0.4, 0.5) is 4.39 Å². The number of ether oxygens (including phenoxy) is 1. The number of carbonyl (C=O) groups excluding carboxylic acids is 1. The summed E-state index contributed by atoms with van der Waals surface area (Å²) < 4.78 is 31.5. The maximum absolute atomic E-state index is 14.8. The van der Waals surface area contributed by atoms with Gasteiger partial charge in [0.2, 0.25) is 6.41 Å². The van der Waals surface area contributed by atoms with Crippen molar-refractivity contribution in [3.05, 3.63) is 53.3 Å². The first kappa shape index (κ1) is 24.5. The molecule has 0 saturated carbocycles. The highest BCUT2D eigenvalue weighted by molar-refractivity contribution is 7.84. The molecule has 2 aromatic rings. The van der Waals surface area contributed by atoms with Crippen LogP contribution in [-0.2, 0) is 20.4 Å². The van der Waals surface area contributed by atoms with Crippen LogP contribution in [0.3, 0.4) is 0 Å². The number of nitrogens with zero attached hydrogens (tertiary/aromatic N) is 1. The molecule has 2 N–H and O–H groups in total. The first-order chi connectivity index (χ1) is 14.8. The molecular formula is C22H27FN2O5S. The number of nitrogens with one attached hydrogen (secondary N) is 1. The summed E-state index contributed by atoms with van der Waals surface area (Å²) in [5.41, 5.74) is 5.02. The van der Waals surface area contributed by atoms with Crippen molar-refractivity contribution in [2.24, 2.45) is 5.16 Å². The fourth-order valence-electron chi connectivity index (χ4n) is 3.21. The molecule has 3 unspecified atom stereocenters. The number of oxime groups is 1. The third kappa shape index (κ3) is 6.60. The Balaban J connectivity index is 0.000000785. The van der Waals surface area contributed by atoms with Gasteiger partial charge in [-0.15, -0.1) is 0 Å². The van der Waals surface area contributed by atoms with Crippen molar-refractivity contribution in [3.8, 4) is 16.9 Å². The van der Waals surface area contributed by atoms with E-state index in [1.54, 1.807) is 19.4 Å². The first-order valence-electron chi connectivity index (χ1n) is 9.63. The van der Waals surface area contributed by atoms with Crippen LogP contribution in [0.1, 0.15) is 30.9 Å². The molecule has 9 heteroatoms. The fraction of sp³-hybridized carbons (Fsp3) is 0.364. The van der Waals surface area contributed by atoms with Crippen molar-refractivity contribution in [2.45, 2.75) is 38.0 Å².